The van der Waals surface area contributed by atoms with Gasteiger partial charge in [0.1, 0.15) is 11.3 Å². The second kappa shape index (κ2) is 4.19. The molecule has 0 spiro atoms. The third kappa shape index (κ3) is 1.98. The Kier molecular flexibility index (Phi) is 2.67. The normalized spacial score (nSPS) is 26.5. The third-order valence-corrected chi connectivity index (χ3v) is 4.02. The predicted octanol–water partition coefficient (Wildman–Crippen LogP) is 3.87. The van der Waals surface area contributed by atoms with Crippen LogP contribution in [0.3, 0.4) is 0 Å². The minimum Gasteiger partial charge on any atom is -0.459 e. The fourth-order valence-corrected chi connectivity index (χ4v) is 2.98. The molecule has 3 atom stereocenters. The third-order valence-electron chi connectivity index (χ3n) is 4.02. The summed E-state index contributed by atoms with van der Waals surface area (Å²) in [5.41, 5.74) is 7.28. The van der Waals surface area contributed by atoms with E-state index in [-0.39, 0.29) is 6.04 Å². The fraction of sp³-hybridized carbons (Fsp3) is 0.467. The summed E-state index contributed by atoms with van der Waals surface area (Å²) in [6.07, 6.45) is 3.77. The zero-order chi connectivity index (χ0) is 11.8. The average molecular weight is 229 g/mol. The highest BCUT2D eigenvalue weighted by atomic mass is 16.3. The van der Waals surface area contributed by atoms with Crippen LogP contribution in [0.1, 0.15) is 38.0 Å². The zero-order valence-corrected chi connectivity index (χ0v) is 10.2. The fourth-order valence-electron chi connectivity index (χ4n) is 2.98. The molecule has 0 amide bonds. The van der Waals surface area contributed by atoms with E-state index in [0.29, 0.717) is 5.92 Å². The Labute approximate surface area is 102 Å². The van der Waals surface area contributed by atoms with Crippen molar-refractivity contribution in [1.29, 1.82) is 0 Å². The molecule has 3 rings (SSSR count). The van der Waals surface area contributed by atoms with Gasteiger partial charge in [-0.3, -0.25) is 0 Å². The molecule has 1 heterocycles. The topological polar surface area (TPSA) is 39.2 Å². The molecule has 3 unspecified atom stereocenters. The van der Waals surface area contributed by atoms with E-state index in [4.69, 9.17) is 10.2 Å². The summed E-state index contributed by atoms with van der Waals surface area (Å²) in [6.45, 7) is 2.31. The molecular weight excluding hydrogens is 210 g/mol. The van der Waals surface area contributed by atoms with Crippen LogP contribution >= 0.6 is 0 Å². The number of hydrogen-bond acceptors (Lipinski definition) is 2. The van der Waals surface area contributed by atoms with Crippen molar-refractivity contribution in [3.63, 3.8) is 0 Å². The molecule has 0 bridgehead atoms. The molecule has 2 nitrogen and oxygen atoms in total. The highest BCUT2D eigenvalue weighted by Crippen LogP contribution is 2.38. The van der Waals surface area contributed by atoms with Crippen molar-refractivity contribution >= 4 is 11.0 Å². The van der Waals surface area contributed by atoms with Gasteiger partial charge in [0.2, 0.25) is 0 Å². The first kappa shape index (κ1) is 10.8. The first-order valence-corrected chi connectivity index (χ1v) is 6.48. The van der Waals surface area contributed by atoms with Crippen LogP contribution in [0.25, 0.3) is 11.0 Å². The van der Waals surface area contributed by atoms with E-state index in [2.05, 4.69) is 19.1 Å². The number of hydrogen-bond donors (Lipinski definition) is 1. The molecule has 1 saturated carbocycles. The van der Waals surface area contributed by atoms with E-state index in [1.54, 1.807) is 0 Å². The average Bonchev–Trinajstić information content (AvgIpc) is 2.93. The minimum absolute atomic E-state index is 0.0624. The van der Waals surface area contributed by atoms with Gasteiger partial charge < -0.3 is 10.2 Å². The predicted molar refractivity (Wildman–Crippen MR) is 69.6 cm³/mol. The highest BCUT2D eigenvalue weighted by Gasteiger charge is 2.29. The number of nitrogens with two attached hydrogens (primary N) is 1. The molecule has 90 valence electrons. The van der Waals surface area contributed by atoms with E-state index in [0.717, 1.165) is 22.6 Å². The number of benzene rings is 1. The molecule has 1 fully saturated rings. The minimum atomic E-state index is 0.0624. The van der Waals surface area contributed by atoms with Gasteiger partial charge in [-0.25, -0.2) is 0 Å². The van der Waals surface area contributed by atoms with Crippen LogP contribution in [0.4, 0.5) is 0 Å². The van der Waals surface area contributed by atoms with Gasteiger partial charge >= 0.3 is 0 Å². The monoisotopic (exact) mass is 229 g/mol. The standard InChI is InChI=1S/C15H19NO/c1-10-6-7-12(8-10)15(16)14-9-11-4-2-3-5-13(11)17-14/h2-5,9-10,12,15H,6-8,16H2,1H3. The number of furan rings is 1. The van der Waals surface area contributed by atoms with Crippen LogP contribution in [0, 0.1) is 11.8 Å². The van der Waals surface area contributed by atoms with Gasteiger partial charge in [0.25, 0.3) is 0 Å². The highest BCUT2D eigenvalue weighted by molar-refractivity contribution is 5.77. The van der Waals surface area contributed by atoms with E-state index in [9.17, 15) is 0 Å². The molecule has 2 aromatic rings. The van der Waals surface area contributed by atoms with Gasteiger partial charge in [-0.2, -0.15) is 0 Å². The molecule has 1 aliphatic rings. The molecule has 0 radical (unpaired) electrons. The van der Waals surface area contributed by atoms with Gasteiger partial charge in [-0.1, -0.05) is 31.5 Å². The van der Waals surface area contributed by atoms with Crippen molar-refractivity contribution in [3.05, 3.63) is 36.1 Å². The summed E-state index contributed by atoms with van der Waals surface area (Å²) in [5, 5.41) is 1.16. The summed E-state index contributed by atoms with van der Waals surface area (Å²) in [5.74, 6) is 2.35. The van der Waals surface area contributed by atoms with Gasteiger partial charge in [0.15, 0.2) is 0 Å². The smallest absolute Gasteiger partial charge is 0.134 e. The zero-order valence-electron chi connectivity index (χ0n) is 10.2. The van der Waals surface area contributed by atoms with E-state index >= 15 is 0 Å². The number of rotatable bonds is 2. The molecule has 2 heteroatoms. The molecule has 0 aliphatic heterocycles. The first-order valence-electron chi connectivity index (χ1n) is 6.48. The number of fused-ring (bicyclic) bond motifs is 1. The Morgan fingerprint density at radius 3 is 2.82 bits per heavy atom. The SMILES string of the molecule is CC1CCC(C(N)c2cc3ccccc3o2)C1. The summed E-state index contributed by atoms with van der Waals surface area (Å²) < 4.78 is 5.85. The maximum absolute atomic E-state index is 6.33. The van der Waals surface area contributed by atoms with E-state index in [1.807, 2.05) is 18.2 Å². The van der Waals surface area contributed by atoms with Crippen molar-refractivity contribution in [1.82, 2.24) is 0 Å². The maximum atomic E-state index is 6.33. The van der Waals surface area contributed by atoms with E-state index in [1.165, 1.54) is 19.3 Å². The Bertz CT molecular complexity index is 483. The molecule has 0 saturated heterocycles. The van der Waals surface area contributed by atoms with Crippen molar-refractivity contribution in [3.8, 4) is 0 Å². The summed E-state index contributed by atoms with van der Waals surface area (Å²) in [6, 6.07) is 10.3. The first-order chi connectivity index (χ1) is 8.24. The van der Waals surface area contributed by atoms with Crippen LogP contribution in [0.5, 0.6) is 0 Å². The van der Waals surface area contributed by atoms with Gasteiger partial charge in [-0.05, 0) is 36.8 Å². The molecule has 1 aliphatic carbocycles. The lowest BCUT2D eigenvalue weighted by Crippen LogP contribution is -2.18. The number of para-hydroxylation sites is 1. The molecular formula is C15H19NO. The van der Waals surface area contributed by atoms with Gasteiger partial charge in [-0.15, -0.1) is 0 Å². The van der Waals surface area contributed by atoms with Crippen LogP contribution in [0.15, 0.2) is 34.7 Å². The van der Waals surface area contributed by atoms with E-state index < -0.39 is 0 Å². The van der Waals surface area contributed by atoms with Crippen LogP contribution < -0.4 is 5.73 Å². The van der Waals surface area contributed by atoms with Crippen LogP contribution in [-0.4, -0.2) is 0 Å². The van der Waals surface area contributed by atoms with Crippen LogP contribution in [-0.2, 0) is 0 Å². The van der Waals surface area contributed by atoms with Gasteiger partial charge in [0, 0.05) is 5.39 Å². The summed E-state index contributed by atoms with van der Waals surface area (Å²) in [4.78, 5) is 0. The lowest BCUT2D eigenvalue weighted by Gasteiger charge is -2.16. The Morgan fingerprint density at radius 1 is 1.29 bits per heavy atom. The Hall–Kier alpha value is -1.28. The maximum Gasteiger partial charge on any atom is 0.134 e. The Balaban J connectivity index is 1.87. The summed E-state index contributed by atoms with van der Waals surface area (Å²) in [7, 11) is 0. The quantitative estimate of drug-likeness (QED) is 0.849. The lowest BCUT2D eigenvalue weighted by atomic mass is 9.96. The second-order valence-electron chi connectivity index (χ2n) is 5.39. The summed E-state index contributed by atoms with van der Waals surface area (Å²) >= 11 is 0. The van der Waals surface area contributed by atoms with Gasteiger partial charge in [0.05, 0.1) is 6.04 Å². The second-order valence-corrected chi connectivity index (χ2v) is 5.39. The Morgan fingerprint density at radius 2 is 2.12 bits per heavy atom. The molecule has 17 heavy (non-hydrogen) atoms. The van der Waals surface area contributed by atoms with Crippen molar-refractivity contribution < 1.29 is 4.42 Å². The lowest BCUT2D eigenvalue weighted by molar-refractivity contribution is 0.371. The van der Waals surface area contributed by atoms with Crippen molar-refractivity contribution in [2.75, 3.05) is 0 Å². The molecule has 1 aromatic carbocycles. The molecule has 1 aromatic heterocycles. The van der Waals surface area contributed by atoms with Crippen LogP contribution in [0.2, 0.25) is 0 Å². The largest absolute Gasteiger partial charge is 0.459 e. The van der Waals surface area contributed by atoms with Crippen molar-refractivity contribution in [2.45, 2.75) is 32.2 Å². The van der Waals surface area contributed by atoms with Crippen molar-refractivity contribution in [2.24, 2.45) is 17.6 Å². The molecule has 2 N–H and O–H groups in total.